The van der Waals surface area contributed by atoms with Crippen LogP contribution in [-0.2, 0) is 16.6 Å². The highest BCUT2D eigenvalue weighted by molar-refractivity contribution is 7.89. The second-order valence-corrected chi connectivity index (χ2v) is 7.94. The van der Waals surface area contributed by atoms with Gasteiger partial charge in [-0.2, -0.15) is 9.40 Å². The second kappa shape index (κ2) is 6.04. The molecule has 1 fully saturated rings. The predicted octanol–water partition coefficient (Wildman–Crippen LogP) is -0.0198. The van der Waals surface area contributed by atoms with Gasteiger partial charge in [0.15, 0.2) is 0 Å². The molecule has 0 spiro atoms. The number of nitrogens with zero attached hydrogens (tertiary/aromatic N) is 4. The SMILES string of the molecule is CN(C)C1(CN(C)S(=O)(=O)c2cnn(CCO)c2)CCC1. The summed E-state index contributed by atoms with van der Waals surface area (Å²) >= 11 is 0. The fourth-order valence-electron chi connectivity index (χ4n) is 2.71. The summed E-state index contributed by atoms with van der Waals surface area (Å²) in [5.41, 5.74) is -0.0527. The minimum Gasteiger partial charge on any atom is -0.394 e. The number of aliphatic hydroxyl groups excluding tert-OH is 1. The van der Waals surface area contributed by atoms with Crippen LogP contribution >= 0.6 is 0 Å². The summed E-state index contributed by atoms with van der Waals surface area (Å²) in [4.78, 5) is 2.30. The zero-order chi connectivity index (χ0) is 15.7. The maximum atomic E-state index is 12.6. The molecule has 0 unspecified atom stereocenters. The lowest BCUT2D eigenvalue weighted by molar-refractivity contribution is 0.0455. The Hall–Kier alpha value is -0.960. The van der Waals surface area contributed by atoms with Gasteiger partial charge in [0.2, 0.25) is 10.0 Å². The van der Waals surface area contributed by atoms with E-state index >= 15 is 0 Å². The third kappa shape index (κ3) is 3.13. The standard InChI is InChI=1S/C13H24N4O3S/c1-15(2)13(5-4-6-13)11-16(3)21(19,20)12-9-14-17(10-12)7-8-18/h9-10,18H,4-8,11H2,1-3H3. The maximum Gasteiger partial charge on any atom is 0.246 e. The van der Waals surface area contributed by atoms with Crippen molar-refractivity contribution in [3.05, 3.63) is 12.4 Å². The van der Waals surface area contributed by atoms with E-state index in [1.54, 1.807) is 7.05 Å². The fourth-order valence-corrected chi connectivity index (χ4v) is 3.92. The number of likely N-dealkylation sites (N-methyl/N-ethyl adjacent to an activating group) is 2. The van der Waals surface area contributed by atoms with Crippen LogP contribution in [0.3, 0.4) is 0 Å². The summed E-state index contributed by atoms with van der Waals surface area (Å²) in [6, 6.07) is 0. The van der Waals surface area contributed by atoms with Crippen LogP contribution in [-0.4, -0.2) is 72.3 Å². The highest BCUT2D eigenvalue weighted by Gasteiger charge is 2.42. The summed E-state index contributed by atoms with van der Waals surface area (Å²) in [6.45, 7) is 0.704. The van der Waals surface area contributed by atoms with Crippen LogP contribution in [0, 0.1) is 0 Å². The Morgan fingerprint density at radius 2 is 2.05 bits per heavy atom. The molecule has 21 heavy (non-hydrogen) atoms. The van der Waals surface area contributed by atoms with Crippen LogP contribution in [0.2, 0.25) is 0 Å². The van der Waals surface area contributed by atoms with E-state index in [0.717, 1.165) is 19.3 Å². The molecule has 120 valence electrons. The van der Waals surface area contributed by atoms with Gasteiger partial charge < -0.3 is 10.0 Å². The van der Waals surface area contributed by atoms with Crippen molar-refractivity contribution < 1.29 is 13.5 Å². The van der Waals surface area contributed by atoms with Crippen molar-refractivity contribution in [2.75, 3.05) is 34.3 Å². The van der Waals surface area contributed by atoms with E-state index < -0.39 is 10.0 Å². The van der Waals surface area contributed by atoms with E-state index in [9.17, 15) is 8.42 Å². The van der Waals surface area contributed by atoms with Crippen molar-refractivity contribution in [2.24, 2.45) is 0 Å². The first-order valence-corrected chi connectivity index (χ1v) is 8.53. The summed E-state index contributed by atoms with van der Waals surface area (Å²) in [6.07, 6.45) is 5.98. The predicted molar refractivity (Wildman–Crippen MR) is 79.4 cm³/mol. The first-order valence-electron chi connectivity index (χ1n) is 7.09. The van der Waals surface area contributed by atoms with E-state index in [2.05, 4.69) is 10.00 Å². The van der Waals surface area contributed by atoms with Crippen LogP contribution in [0.5, 0.6) is 0 Å². The molecule has 8 heteroatoms. The fraction of sp³-hybridized carbons (Fsp3) is 0.769. The number of hydrogen-bond acceptors (Lipinski definition) is 5. The van der Waals surface area contributed by atoms with Gasteiger partial charge in [-0.1, -0.05) is 0 Å². The Kier molecular flexibility index (Phi) is 4.72. The van der Waals surface area contributed by atoms with E-state index in [0.29, 0.717) is 13.1 Å². The van der Waals surface area contributed by atoms with Crippen LogP contribution in [0.4, 0.5) is 0 Å². The molecule has 0 saturated heterocycles. The van der Waals surface area contributed by atoms with Gasteiger partial charge in [0.05, 0.1) is 19.3 Å². The molecule has 0 atom stereocenters. The molecule has 1 N–H and O–H groups in total. The highest BCUT2D eigenvalue weighted by atomic mass is 32.2. The lowest BCUT2D eigenvalue weighted by Crippen LogP contribution is -2.57. The normalized spacial score (nSPS) is 18.2. The topological polar surface area (TPSA) is 78.7 Å². The molecule has 1 aliphatic carbocycles. The number of rotatable bonds is 7. The maximum absolute atomic E-state index is 12.6. The van der Waals surface area contributed by atoms with Gasteiger partial charge in [-0.15, -0.1) is 0 Å². The monoisotopic (exact) mass is 316 g/mol. The first-order chi connectivity index (χ1) is 9.82. The summed E-state index contributed by atoms with van der Waals surface area (Å²) in [5, 5.41) is 12.8. The minimum absolute atomic E-state index is 0.0527. The van der Waals surface area contributed by atoms with Gasteiger partial charge in [-0.05, 0) is 33.4 Å². The zero-order valence-electron chi connectivity index (χ0n) is 12.9. The smallest absolute Gasteiger partial charge is 0.246 e. The van der Waals surface area contributed by atoms with Gasteiger partial charge in [0.25, 0.3) is 0 Å². The van der Waals surface area contributed by atoms with Crippen molar-refractivity contribution in [2.45, 2.75) is 36.2 Å². The Balaban J connectivity index is 2.14. The van der Waals surface area contributed by atoms with Gasteiger partial charge in [0.1, 0.15) is 4.90 Å². The summed E-state index contributed by atoms with van der Waals surface area (Å²) < 4.78 is 28.0. The number of sulfonamides is 1. The molecule has 0 aliphatic heterocycles. The zero-order valence-corrected chi connectivity index (χ0v) is 13.7. The van der Waals surface area contributed by atoms with E-state index in [-0.39, 0.29) is 17.0 Å². The molecule has 0 bridgehead atoms. The number of hydrogen-bond donors (Lipinski definition) is 1. The molecule has 1 saturated carbocycles. The third-order valence-electron chi connectivity index (χ3n) is 4.40. The average Bonchev–Trinajstić information content (AvgIpc) is 2.82. The quantitative estimate of drug-likeness (QED) is 0.765. The molecule has 7 nitrogen and oxygen atoms in total. The summed E-state index contributed by atoms with van der Waals surface area (Å²) in [5.74, 6) is 0. The van der Waals surface area contributed by atoms with Crippen molar-refractivity contribution in [3.63, 3.8) is 0 Å². The molecule has 1 aromatic rings. The Labute approximate surface area is 126 Å². The Morgan fingerprint density at radius 3 is 2.52 bits per heavy atom. The molecule has 1 aromatic heterocycles. The Bertz CT molecular complexity index is 578. The van der Waals surface area contributed by atoms with Gasteiger partial charge in [-0.25, -0.2) is 8.42 Å². The van der Waals surface area contributed by atoms with Crippen LogP contribution in [0.25, 0.3) is 0 Å². The van der Waals surface area contributed by atoms with Crippen molar-refractivity contribution in [1.82, 2.24) is 19.0 Å². The van der Waals surface area contributed by atoms with Gasteiger partial charge in [0, 0.05) is 25.3 Å². The molecule has 1 heterocycles. The Morgan fingerprint density at radius 1 is 1.38 bits per heavy atom. The van der Waals surface area contributed by atoms with E-state index in [4.69, 9.17) is 5.11 Å². The molecule has 0 aromatic carbocycles. The summed E-state index contributed by atoms with van der Waals surface area (Å²) in [7, 11) is 2.07. The van der Waals surface area contributed by atoms with E-state index in [1.165, 1.54) is 21.4 Å². The van der Waals surface area contributed by atoms with Gasteiger partial charge in [-0.3, -0.25) is 4.68 Å². The molecule has 2 rings (SSSR count). The van der Waals surface area contributed by atoms with Crippen molar-refractivity contribution >= 4 is 10.0 Å². The second-order valence-electron chi connectivity index (χ2n) is 5.90. The van der Waals surface area contributed by atoms with Crippen molar-refractivity contribution in [3.8, 4) is 0 Å². The van der Waals surface area contributed by atoms with Crippen molar-refractivity contribution in [1.29, 1.82) is 0 Å². The highest BCUT2D eigenvalue weighted by Crippen LogP contribution is 2.37. The van der Waals surface area contributed by atoms with E-state index in [1.807, 2.05) is 14.1 Å². The van der Waals surface area contributed by atoms with Crippen LogP contribution < -0.4 is 0 Å². The van der Waals surface area contributed by atoms with Crippen LogP contribution in [0.15, 0.2) is 17.3 Å². The molecular formula is C13H24N4O3S. The molecule has 0 radical (unpaired) electrons. The lowest BCUT2D eigenvalue weighted by atomic mass is 9.75. The minimum atomic E-state index is -3.54. The molecule has 0 amide bonds. The lowest BCUT2D eigenvalue weighted by Gasteiger charge is -2.48. The van der Waals surface area contributed by atoms with Crippen LogP contribution in [0.1, 0.15) is 19.3 Å². The largest absolute Gasteiger partial charge is 0.394 e. The third-order valence-corrected chi connectivity index (χ3v) is 6.15. The number of aliphatic hydroxyl groups is 1. The molecule has 1 aliphatic rings. The molecular weight excluding hydrogens is 292 g/mol. The number of aromatic nitrogens is 2. The van der Waals surface area contributed by atoms with Gasteiger partial charge >= 0.3 is 0 Å². The average molecular weight is 316 g/mol. The first kappa shape index (κ1) is 16.4.